The van der Waals surface area contributed by atoms with Crippen molar-refractivity contribution in [3.63, 3.8) is 0 Å². The Morgan fingerprint density at radius 1 is 1.17 bits per heavy atom. The number of hydrogen-bond acceptors (Lipinski definition) is 4. The number of likely N-dealkylation sites (tertiary alicyclic amines) is 1. The van der Waals surface area contributed by atoms with Crippen LogP contribution in [0.1, 0.15) is 24.1 Å². The van der Waals surface area contributed by atoms with Gasteiger partial charge in [-0.2, -0.15) is 13.2 Å². The fourth-order valence-corrected chi connectivity index (χ4v) is 7.28. The number of sulfone groups is 1. The Hall–Kier alpha value is -1.94. The average Bonchev–Trinajstić information content (AvgIpc) is 3.08. The number of hydrogen-bond donors (Lipinski definition) is 0. The molecule has 1 aliphatic carbocycles. The van der Waals surface area contributed by atoms with Gasteiger partial charge in [-0.25, -0.2) is 13.4 Å². The third kappa shape index (κ3) is 2.99. The summed E-state index contributed by atoms with van der Waals surface area (Å²) >= 11 is 3.26. The highest BCUT2D eigenvalue weighted by molar-refractivity contribution is 9.10. The molecule has 2 atom stereocenters. The number of aryl methyl sites for hydroxylation is 1. The van der Waals surface area contributed by atoms with E-state index in [1.165, 1.54) is 12.1 Å². The predicted molar refractivity (Wildman–Crippen MR) is 102 cm³/mol. The number of halogens is 4. The van der Waals surface area contributed by atoms with E-state index in [1.807, 2.05) is 0 Å². The summed E-state index contributed by atoms with van der Waals surface area (Å²) < 4.78 is 66.0. The molecule has 1 fully saturated rings. The van der Waals surface area contributed by atoms with Gasteiger partial charge in [-0.15, -0.1) is 0 Å². The topological polar surface area (TPSA) is 67.3 Å². The molecule has 2 aromatic rings. The Morgan fingerprint density at radius 3 is 2.52 bits per heavy atom. The van der Waals surface area contributed by atoms with Crippen molar-refractivity contribution < 1.29 is 26.4 Å². The minimum atomic E-state index is -5.06. The molecule has 2 aliphatic rings. The van der Waals surface area contributed by atoms with Gasteiger partial charge >= 0.3 is 12.1 Å². The van der Waals surface area contributed by atoms with Crippen LogP contribution in [0.4, 0.5) is 13.2 Å². The second-order valence-electron chi connectivity index (χ2n) is 7.13. The maximum Gasteiger partial charge on any atom is 0.471 e. The lowest BCUT2D eigenvalue weighted by atomic mass is 9.81. The van der Waals surface area contributed by atoms with Crippen molar-refractivity contribution in [1.82, 2.24) is 9.88 Å². The Labute approximate surface area is 174 Å². The van der Waals surface area contributed by atoms with Crippen molar-refractivity contribution in [2.24, 2.45) is 0 Å². The molecule has 0 spiro atoms. The molecule has 0 saturated carbocycles. The summed E-state index contributed by atoms with van der Waals surface area (Å²) in [5.41, 5.74) is 0.898. The molecular formula is C19H16BrF3N2O3S. The Morgan fingerprint density at radius 2 is 1.86 bits per heavy atom. The molecule has 154 valence electrons. The van der Waals surface area contributed by atoms with Crippen molar-refractivity contribution in [2.45, 2.75) is 41.1 Å². The van der Waals surface area contributed by atoms with Crippen LogP contribution in [0.3, 0.4) is 0 Å². The second-order valence-corrected chi connectivity index (χ2v) is 10.2. The molecule has 4 rings (SSSR count). The summed E-state index contributed by atoms with van der Waals surface area (Å²) in [5, 5.41) is 0. The van der Waals surface area contributed by atoms with Crippen LogP contribution in [0.15, 0.2) is 52.0 Å². The average molecular weight is 489 g/mol. The summed E-state index contributed by atoms with van der Waals surface area (Å²) in [6.45, 7) is -0.287. The first-order valence-corrected chi connectivity index (χ1v) is 11.2. The van der Waals surface area contributed by atoms with E-state index in [0.29, 0.717) is 20.8 Å². The highest BCUT2D eigenvalue weighted by atomic mass is 79.9. The standard InChI is InChI=1S/C19H16BrF3N2O3S/c20-16-9-6-13-14(24-16)7-8-15-18(13,10-11-25(15)17(26)19(21,22)23)29(27,28)12-4-2-1-3-5-12/h1-6,9,15H,7-8,10-11H2. The van der Waals surface area contributed by atoms with E-state index in [-0.39, 0.29) is 30.7 Å². The Kier molecular flexibility index (Phi) is 4.77. The zero-order valence-electron chi connectivity index (χ0n) is 15.0. The number of amides is 1. The molecule has 1 saturated heterocycles. The van der Waals surface area contributed by atoms with Crippen molar-refractivity contribution in [1.29, 1.82) is 0 Å². The van der Waals surface area contributed by atoms with Crippen LogP contribution in [0, 0.1) is 0 Å². The molecule has 0 radical (unpaired) electrons. The lowest BCUT2D eigenvalue weighted by Gasteiger charge is -2.42. The third-order valence-electron chi connectivity index (χ3n) is 5.73. The molecule has 5 nitrogen and oxygen atoms in total. The van der Waals surface area contributed by atoms with Crippen molar-refractivity contribution in [2.75, 3.05) is 6.54 Å². The van der Waals surface area contributed by atoms with E-state index in [2.05, 4.69) is 20.9 Å². The van der Waals surface area contributed by atoms with E-state index in [0.717, 1.165) is 0 Å². The minimum absolute atomic E-state index is 0.0158. The second kappa shape index (κ2) is 6.80. The first-order valence-electron chi connectivity index (χ1n) is 8.92. The molecule has 0 bridgehead atoms. The van der Waals surface area contributed by atoms with Gasteiger partial charge in [-0.1, -0.05) is 24.3 Å². The van der Waals surface area contributed by atoms with Crippen LogP contribution in [-0.4, -0.2) is 43.0 Å². The summed E-state index contributed by atoms with van der Waals surface area (Å²) in [6, 6.07) is 9.71. The number of alkyl halides is 3. The van der Waals surface area contributed by atoms with Gasteiger partial charge in [0.05, 0.1) is 10.9 Å². The predicted octanol–water partition coefficient (Wildman–Crippen LogP) is 3.62. The van der Waals surface area contributed by atoms with Gasteiger partial charge < -0.3 is 4.90 Å². The van der Waals surface area contributed by atoms with Crippen LogP contribution in [0.5, 0.6) is 0 Å². The van der Waals surface area contributed by atoms with Crippen LogP contribution < -0.4 is 0 Å². The van der Waals surface area contributed by atoms with E-state index < -0.39 is 32.7 Å². The van der Waals surface area contributed by atoms with Gasteiger partial charge in [0.2, 0.25) is 0 Å². The zero-order chi connectivity index (χ0) is 21.0. The summed E-state index contributed by atoms with van der Waals surface area (Å²) in [5.74, 6) is -2.00. The summed E-state index contributed by atoms with van der Waals surface area (Å²) in [4.78, 5) is 17.1. The van der Waals surface area contributed by atoms with E-state index in [9.17, 15) is 26.4 Å². The minimum Gasteiger partial charge on any atom is -0.330 e. The van der Waals surface area contributed by atoms with Crippen molar-refractivity contribution >= 4 is 31.7 Å². The van der Waals surface area contributed by atoms with Gasteiger partial charge in [0, 0.05) is 12.2 Å². The fourth-order valence-electron chi connectivity index (χ4n) is 4.56. The quantitative estimate of drug-likeness (QED) is 0.605. The smallest absolute Gasteiger partial charge is 0.330 e. The monoisotopic (exact) mass is 488 g/mol. The molecular weight excluding hydrogens is 473 g/mol. The molecule has 1 aromatic carbocycles. The summed E-state index contributed by atoms with van der Waals surface area (Å²) in [6.07, 6.45) is -4.81. The van der Waals surface area contributed by atoms with Gasteiger partial charge in [0.1, 0.15) is 9.35 Å². The van der Waals surface area contributed by atoms with Crippen LogP contribution >= 0.6 is 15.9 Å². The largest absolute Gasteiger partial charge is 0.471 e. The number of rotatable bonds is 2. The normalized spacial score (nSPS) is 24.1. The van der Waals surface area contributed by atoms with Gasteiger partial charge in [0.15, 0.2) is 9.84 Å². The summed E-state index contributed by atoms with van der Waals surface area (Å²) in [7, 11) is -4.12. The third-order valence-corrected chi connectivity index (χ3v) is 8.72. The number of benzene rings is 1. The van der Waals surface area contributed by atoms with Crippen molar-refractivity contribution in [3.05, 3.63) is 58.3 Å². The zero-order valence-corrected chi connectivity index (χ0v) is 17.4. The molecule has 1 amide bonds. The number of aromatic nitrogens is 1. The number of nitrogens with zero attached hydrogens (tertiary/aromatic N) is 2. The highest BCUT2D eigenvalue weighted by Crippen LogP contribution is 2.53. The van der Waals surface area contributed by atoms with Crippen LogP contribution in [0.2, 0.25) is 0 Å². The maximum atomic E-state index is 13.8. The van der Waals surface area contributed by atoms with E-state index in [4.69, 9.17) is 0 Å². The van der Waals surface area contributed by atoms with Crippen LogP contribution in [-0.2, 0) is 25.8 Å². The molecule has 2 unspecified atom stereocenters. The molecule has 0 N–H and O–H groups in total. The molecule has 1 aromatic heterocycles. The van der Waals surface area contributed by atoms with Gasteiger partial charge in [0.25, 0.3) is 0 Å². The molecule has 2 heterocycles. The number of carbonyl (C=O) groups excluding carboxylic acids is 1. The fraction of sp³-hybridized carbons (Fsp3) is 0.368. The lowest BCUT2D eigenvalue weighted by molar-refractivity contribution is -0.186. The van der Waals surface area contributed by atoms with Crippen LogP contribution in [0.25, 0.3) is 0 Å². The number of pyridine rings is 1. The van der Waals surface area contributed by atoms with E-state index >= 15 is 0 Å². The number of carbonyl (C=O) groups is 1. The van der Waals surface area contributed by atoms with Crippen molar-refractivity contribution in [3.8, 4) is 0 Å². The molecule has 29 heavy (non-hydrogen) atoms. The molecule has 1 aliphatic heterocycles. The Bertz CT molecular complexity index is 1080. The SMILES string of the molecule is O=C(N1CCC2(S(=O)(=O)c3ccccc3)c3ccc(Br)nc3CCC12)C(F)(F)F. The maximum absolute atomic E-state index is 13.8. The molecule has 10 heteroatoms. The lowest BCUT2D eigenvalue weighted by Crippen LogP contribution is -2.54. The first kappa shape index (κ1) is 20.3. The van der Waals surface area contributed by atoms with E-state index in [1.54, 1.807) is 30.3 Å². The van der Waals surface area contributed by atoms with Gasteiger partial charge in [-0.3, -0.25) is 4.79 Å². The first-order chi connectivity index (χ1) is 13.6. The Balaban J connectivity index is 1.95. The number of fused-ring (bicyclic) bond motifs is 3. The highest BCUT2D eigenvalue weighted by Gasteiger charge is 2.63. The van der Waals surface area contributed by atoms with Gasteiger partial charge in [-0.05, 0) is 59.0 Å².